The molecule has 0 N–H and O–H groups in total. The highest BCUT2D eigenvalue weighted by atomic mass is 35.5. The number of hydrogen-bond acceptors (Lipinski definition) is 1. The van der Waals surface area contributed by atoms with Crippen molar-refractivity contribution in [1.82, 2.24) is 4.90 Å². The van der Waals surface area contributed by atoms with Gasteiger partial charge >= 0.3 is 0 Å². The molecule has 0 aliphatic carbocycles. The Kier molecular flexibility index (Phi) is 4.29. The highest BCUT2D eigenvalue weighted by Gasteiger charge is 2.48. The van der Waals surface area contributed by atoms with E-state index in [1.807, 2.05) is 65.6 Å². The molecule has 0 aromatic heterocycles. The first-order valence-electron chi connectivity index (χ1n) is 8.39. The van der Waals surface area contributed by atoms with Crippen LogP contribution in [0.25, 0.3) is 0 Å². The zero-order chi connectivity index (χ0) is 17.2. The molecule has 25 heavy (non-hydrogen) atoms. The van der Waals surface area contributed by atoms with Gasteiger partial charge in [-0.3, -0.25) is 4.79 Å². The fourth-order valence-electron chi connectivity index (χ4n) is 3.52. The topological polar surface area (TPSA) is 20.3 Å². The van der Waals surface area contributed by atoms with Gasteiger partial charge in [-0.15, -0.1) is 0 Å². The van der Waals surface area contributed by atoms with Crippen LogP contribution in [0.1, 0.15) is 28.7 Å². The molecule has 1 heterocycles. The van der Waals surface area contributed by atoms with Crippen LogP contribution in [0.3, 0.4) is 0 Å². The molecule has 0 radical (unpaired) electrons. The van der Waals surface area contributed by atoms with Crippen molar-refractivity contribution in [3.05, 3.63) is 107 Å². The highest BCUT2D eigenvalue weighted by molar-refractivity contribution is 6.30. The van der Waals surface area contributed by atoms with Gasteiger partial charge in [-0.2, -0.15) is 0 Å². The van der Waals surface area contributed by atoms with Crippen LogP contribution in [0.15, 0.2) is 84.9 Å². The first-order valence-corrected chi connectivity index (χ1v) is 8.76. The number of rotatable bonds is 4. The Labute approximate surface area is 152 Å². The second kappa shape index (κ2) is 6.73. The van der Waals surface area contributed by atoms with Gasteiger partial charge in [0, 0.05) is 11.6 Å². The van der Waals surface area contributed by atoms with Gasteiger partial charge in [-0.25, -0.2) is 0 Å². The van der Waals surface area contributed by atoms with Crippen molar-refractivity contribution in [2.24, 2.45) is 0 Å². The summed E-state index contributed by atoms with van der Waals surface area (Å²) in [5.74, 6) is 0.0170. The van der Waals surface area contributed by atoms with Gasteiger partial charge in [0.05, 0.1) is 12.0 Å². The Morgan fingerprint density at radius 2 is 1.36 bits per heavy atom. The standard InChI is InChI=1S/C22H18ClNO/c23-19-13-11-17(12-14-19)20-21(18-9-5-2-6-10-18)24(22(20)25)15-16-7-3-1-4-8-16/h1-14,20-21H,15H2/t20-,21-/m1/s1. The van der Waals surface area contributed by atoms with Crippen molar-refractivity contribution in [1.29, 1.82) is 0 Å². The minimum Gasteiger partial charge on any atom is -0.330 e. The number of hydrogen-bond donors (Lipinski definition) is 0. The van der Waals surface area contributed by atoms with Gasteiger partial charge in [0.15, 0.2) is 0 Å². The smallest absolute Gasteiger partial charge is 0.233 e. The van der Waals surface area contributed by atoms with E-state index in [4.69, 9.17) is 11.6 Å². The van der Waals surface area contributed by atoms with E-state index in [2.05, 4.69) is 24.3 Å². The van der Waals surface area contributed by atoms with E-state index in [-0.39, 0.29) is 17.9 Å². The number of carbonyl (C=O) groups excluding carboxylic acids is 1. The Morgan fingerprint density at radius 1 is 0.760 bits per heavy atom. The second-order valence-corrected chi connectivity index (χ2v) is 6.77. The van der Waals surface area contributed by atoms with E-state index >= 15 is 0 Å². The summed E-state index contributed by atoms with van der Waals surface area (Å²) < 4.78 is 0. The Hall–Kier alpha value is -2.58. The van der Waals surface area contributed by atoms with Crippen LogP contribution in [0, 0.1) is 0 Å². The largest absolute Gasteiger partial charge is 0.330 e. The molecule has 124 valence electrons. The summed E-state index contributed by atoms with van der Waals surface area (Å²) in [6.45, 7) is 0.628. The molecule has 3 heteroatoms. The molecular weight excluding hydrogens is 330 g/mol. The number of β-lactam (4-membered cyclic amide) rings is 1. The number of carbonyl (C=O) groups is 1. The van der Waals surface area contributed by atoms with E-state index in [0.29, 0.717) is 11.6 Å². The molecule has 0 bridgehead atoms. The van der Waals surface area contributed by atoms with E-state index < -0.39 is 0 Å². The molecule has 1 aliphatic rings. The van der Waals surface area contributed by atoms with Crippen molar-refractivity contribution in [2.75, 3.05) is 0 Å². The number of nitrogens with zero attached hydrogens (tertiary/aromatic N) is 1. The molecule has 2 atom stereocenters. The Morgan fingerprint density at radius 3 is 2.00 bits per heavy atom. The summed E-state index contributed by atoms with van der Waals surface area (Å²) in [7, 11) is 0. The first kappa shape index (κ1) is 15.9. The molecule has 1 fully saturated rings. The predicted molar refractivity (Wildman–Crippen MR) is 100 cm³/mol. The second-order valence-electron chi connectivity index (χ2n) is 6.34. The van der Waals surface area contributed by atoms with Crippen LogP contribution in [-0.4, -0.2) is 10.8 Å². The van der Waals surface area contributed by atoms with Gasteiger partial charge in [0.1, 0.15) is 0 Å². The zero-order valence-electron chi connectivity index (χ0n) is 13.7. The fraction of sp³-hybridized carbons (Fsp3) is 0.136. The highest BCUT2D eigenvalue weighted by Crippen LogP contribution is 2.47. The molecule has 0 saturated carbocycles. The molecule has 1 saturated heterocycles. The van der Waals surface area contributed by atoms with Gasteiger partial charge in [0.25, 0.3) is 0 Å². The normalized spacial score (nSPS) is 19.6. The SMILES string of the molecule is O=C1[C@H](c2ccc(Cl)cc2)[C@@H](c2ccccc2)N1Cc1ccccc1. The maximum Gasteiger partial charge on any atom is 0.233 e. The van der Waals surface area contributed by atoms with Crippen molar-refractivity contribution in [3.63, 3.8) is 0 Å². The third-order valence-corrected chi connectivity index (χ3v) is 5.02. The van der Waals surface area contributed by atoms with Crippen molar-refractivity contribution >= 4 is 17.5 Å². The van der Waals surface area contributed by atoms with Crippen molar-refractivity contribution < 1.29 is 4.79 Å². The summed E-state index contributed by atoms with van der Waals surface area (Å²) in [5, 5.41) is 0.688. The third kappa shape index (κ3) is 3.06. The van der Waals surface area contributed by atoms with Crippen LogP contribution >= 0.6 is 11.6 Å². The molecule has 0 spiro atoms. The molecule has 4 rings (SSSR count). The first-order chi connectivity index (χ1) is 12.2. The quantitative estimate of drug-likeness (QED) is 0.593. The lowest BCUT2D eigenvalue weighted by atomic mass is 9.77. The van der Waals surface area contributed by atoms with Crippen LogP contribution in [0.4, 0.5) is 0 Å². The third-order valence-electron chi connectivity index (χ3n) is 4.77. The average molecular weight is 348 g/mol. The van der Waals surface area contributed by atoms with Gasteiger partial charge < -0.3 is 4.90 Å². The van der Waals surface area contributed by atoms with Crippen LogP contribution in [0.2, 0.25) is 5.02 Å². The van der Waals surface area contributed by atoms with Gasteiger partial charge in [-0.1, -0.05) is 84.4 Å². The number of amides is 1. The zero-order valence-corrected chi connectivity index (χ0v) is 14.4. The summed E-state index contributed by atoms with van der Waals surface area (Å²) in [6, 6.07) is 28.0. The van der Waals surface area contributed by atoms with Crippen LogP contribution in [0.5, 0.6) is 0 Å². The van der Waals surface area contributed by atoms with Crippen molar-refractivity contribution in [3.8, 4) is 0 Å². The molecule has 2 nitrogen and oxygen atoms in total. The number of likely N-dealkylation sites (tertiary alicyclic amines) is 1. The summed E-state index contributed by atoms with van der Waals surface area (Å²) >= 11 is 6.01. The molecule has 0 unspecified atom stereocenters. The van der Waals surface area contributed by atoms with E-state index in [1.54, 1.807) is 0 Å². The molecule has 1 amide bonds. The monoisotopic (exact) mass is 347 g/mol. The Balaban J connectivity index is 1.68. The van der Waals surface area contributed by atoms with Crippen molar-refractivity contribution in [2.45, 2.75) is 18.5 Å². The van der Waals surface area contributed by atoms with Gasteiger partial charge in [-0.05, 0) is 28.8 Å². The maximum atomic E-state index is 12.9. The molecule has 3 aromatic rings. The predicted octanol–water partition coefficient (Wildman–Crippen LogP) is 5.21. The number of benzene rings is 3. The summed E-state index contributed by atoms with van der Waals surface area (Å²) in [5.41, 5.74) is 3.33. The minimum absolute atomic E-state index is 0.0510. The van der Waals surface area contributed by atoms with E-state index in [1.165, 1.54) is 0 Å². The van der Waals surface area contributed by atoms with Crippen LogP contribution < -0.4 is 0 Å². The minimum atomic E-state index is -0.150. The fourth-order valence-corrected chi connectivity index (χ4v) is 3.65. The summed E-state index contributed by atoms with van der Waals surface area (Å²) in [4.78, 5) is 14.9. The maximum absolute atomic E-state index is 12.9. The average Bonchev–Trinajstić information content (AvgIpc) is 2.66. The Bertz CT molecular complexity index is 862. The van der Waals surface area contributed by atoms with E-state index in [0.717, 1.165) is 16.7 Å². The van der Waals surface area contributed by atoms with Crippen LogP contribution in [-0.2, 0) is 11.3 Å². The lowest BCUT2D eigenvalue weighted by molar-refractivity contribution is -0.151. The molecule has 3 aromatic carbocycles. The number of halogens is 1. The molecule has 1 aliphatic heterocycles. The lowest BCUT2D eigenvalue weighted by Crippen LogP contribution is -2.52. The molecular formula is C22H18ClNO. The lowest BCUT2D eigenvalue weighted by Gasteiger charge is -2.48. The van der Waals surface area contributed by atoms with E-state index in [9.17, 15) is 4.79 Å². The summed E-state index contributed by atoms with van der Waals surface area (Å²) in [6.07, 6.45) is 0. The van der Waals surface area contributed by atoms with Gasteiger partial charge in [0.2, 0.25) is 5.91 Å².